The number of hydrogen-bond donors (Lipinski definition) is 1. The van der Waals surface area contributed by atoms with Crippen molar-refractivity contribution in [1.82, 2.24) is 0 Å². The third-order valence-electron chi connectivity index (χ3n) is 1.46. The number of carbonyl (C=O) groups is 1. The molecule has 1 aromatic carbocycles. The lowest BCUT2D eigenvalue weighted by molar-refractivity contribution is -0.210. The topological polar surface area (TPSA) is 46.5 Å². The maximum absolute atomic E-state index is 12.7. The van der Waals surface area contributed by atoms with Gasteiger partial charge in [0.05, 0.1) is 10.0 Å². The smallest absolute Gasteiger partial charge is 0.474 e. The van der Waals surface area contributed by atoms with Crippen molar-refractivity contribution in [3.05, 3.63) is 26.7 Å². The molecule has 0 aliphatic heterocycles. The molecule has 0 aliphatic rings. The van der Waals surface area contributed by atoms with Gasteiger partial charge in [0.2, 0.25) is 0 Å². The standard InChI is InChI=1S/C8H3BrCl2F2O3/c9-3-1-5(11)6(2-4(3)10)16-8(12,13)7(14)15/h1-2H,(H,14,15). The highest BCUT2D eigenvalue weighted by Crippen LogP contribution is 2.36. The van der Waals surface area contributed by atoms with E-state index in [2.05, 4.69) is 20.7 Å². The van der Waals surface area contributed by atoms with Crippen molar-refractivity contribution in [2.45, 2.75) is 6.11 Å². The average molecular weight is 336 g/mol. The van der Waals surface area contributed by atoms with Gasteiger partial charge in [0.25, 0.3) is 0 Å². The number of alkyl halides is 2. The molecule has 0 bridgehead atoms. The minimum atomic E-state index is -4.36. The summed E-state index contributed by atoms with van der Waals surface area (Å²) in [6.45, 7) is 0. The third kappa shape index (κ3) is 2.96. The van der Waals surface area contributed by atoms with Crippen LogP contribution in [0.25, 0.3) is 0 Å². The highest BCUT2D eigenvalue weighted by atomic mass is 79.9. The van der Waals surface area contributed by atoms with Crippen molar-refractivity contribution in [1.29, 1.82) is 0 Å². The van der Waals surface area contributed by atoms with Crippen LogP contribution in [0.2, 0.25) is 10.0 Å². The van der Waals surface area contributed by atoms with Gasteiger partial charge in [-0.2, -0.15) is 8.78 Å². The largest absolute Gasteiger partial charge is 0.501 e. The van der Waals surface area contributed by atoms with Gasteiger partial charge in [-0.1, -0.05) is 23.2 Å². The van der Waals surface area contributed by atoms with Crippen molar-refractivity contribution >= 4 is 45.1 Å². The molecule has 0 amide bonds. The molecule has 0 atom stereocenters. The molecule has 0 unspecified atom stereocenters. The molecule has 0 fully saturated rings. The van der Waals surface area contributed by atoms with Crippen LogP contribution in [0.1, 0.15) is 0 Å². The Morgan fingerprint density at radius 1 is 1.38 bits per heavy atom. The summed E-state index contributed by atoms with van der Waals surface area (Å²) in [5.41, 5.74) is 0. The molecule has 8 heteroatoms. The second-order valence-electron chi connectivity index (χ2n) is 2.62. The Balaban J connectivity index is 3.07. The van der Waals surface area contributed by atoms with E-state index in [-0.39, 0.29) is 10.0 Å². The monoisotopic (exact) mass is 334 g/mol. The Morgan fingerprint density at radius 2 is 1.94 bits per heavy atom. The van der Waals surface area contributed by atoms with E-state index in [1.54, 1.807) is 0 Å². The Hall–Kier alpha value is -0.590. The minimum Gasteiger partial charge on any atom is -0.474 e. The van der Waals surface area contributed by atoms with Gasteiger partial charge in [0, 0.05) is 10.5 Å². The lowest BCUT2D eigenvalue weighted by Crippen LogP contribution is -2.34. The maximum Gasteiger partial charge on any atom is 0.501 e. The number of ether oxygens (including phenoxy) is 1. The molecule has 0 saturated carbocycles. The van der Waals surface area contributed by atoms with E-state index >= 15 is 0 Å². The molecule has 1 N–H and O–H groups in total. The van der Waals surface area contributed by atoms with Crippen LogP contribution in [0.4, 0.5) is 8.78 Å². The van der Waals surface area contributed by atoms with E-state index in [0.717, 1.165) is 6.07 Å². The molecule has 3 nitrogen and oxygen atoms in total. The van der Waals surface area contributed by atoms with Crippen molar-refractivity contribution in [2.75, 3.05) is 0 Å². The van der Waals surface area contributed by atoms with Crippen LogP contribution in [-0.4, -0.2) is 17.2 Å². The molecule has 0 aliphatic carbocycles. The Kier molecular flexibility index (Phi) is 3.98. The zero-order valence-corrected chi connectivity index (χ0v) is 10.4. The van der Waals surface area contributed by atoms with Gasteiger partial charge in [-0.3, -0.25) is 0 Å². The van der Waals surface area contributed by atoms with Crippen LogP contribution in [-0.2, 0) is 4.79 Å². The molecule has 1 aromatic rings. The van der Waals surface area contributed by atoms with E-state index in [1.165, 1.54) is 6.07 Å². The Morgan fingerprint density at radius 3 is 2.44 bits per heavy atom. The summed E-state index contributed by atoms with van der Waals surface area (Å²) in [5, 5.41) is 8.04. The molecule has 0 aromatic heterocycles. The van der Waals surface area contributed by atoms with Crippen LogP contribution >= 0.6 is 39.1 Å². The first-order valence-electron chi connectivity index (χ1n) is 3.69. The van der Waals surface area contributed by atoms with E-state index in [4.69, 9.17) is 28.3 Å². The Labute approximate surface area is 107 Å². The predicted molar refractivity (Wildman–Crippen MR) is 57.4 cm³/mol. The minimum absolute atomic E-state index is 0.0700. The number of benzene rings is 1. The third-order valence-corrected chi connectivity index (χ3v) is 2.95. The fourth-order valence-electron chi connectivity index (χ4n) is 0.764. The number of hydrogen-bond acceptors (Lipinski definition) is 2. The van der Waals surface area contributed by atoms with E-state index in [9.17, 15) is 13.6 Å². The number of carboxylic acids is 1. The van der Waals surface area contributed by atoms with Gasteiger partial charge in [0.15, 0.2) is 0 Å². The lowest BCUT2D eigenvalue weighted by Gasteiger charge is -2.14. The molecule has 0 spiro atoms. The van der Waals surface area contributed by atoms with Crippen LogP contribution < -0.4 is 4.74 Å². The van der Waals surface area contributed by atoms with Crippen LogP contribution in [0.15, 0.2) is 16.6 Å². The number of rotatable bonds is 3. The second kappa shape index (κ2) is 4.73. The van der Waals surface area contributed by atoms with Crippen molar-refractivity contribution in [2.24, 2.45) is 0 Å². The zero-order valence-electron chi connectivity index (χ0n) is 7.31. The first-order valence-corrected chi connectivity index (χ1v) is 5.23. The molecular formula is C8H3BrCl2F2O3. The summed E-state index contributed by atoms with van der Waals surface area (Å²) >= 11 is 14.2. The van der Waals surface area contributed by atoms with Gasteiger partial charge in [-0.05, 0) is 22.0 Å². The van der Waals surface area contributed by atoms with Crippen molar-refractivity contribution < 1.29 is 23.4 Å². The summed E-state index contributed by atoms with van der Waals surface area (Å²) in [6.07, 6.45) is -4.36. The van der Waals surface area contributed by atoms with Gasteiger partial charge in [-0.15, -0.1) is 0 Å². The van der Waals surface area contributed by atoms with Crippen LogP contribution in [0.3, 0.4) is 0 Å². The van der Waals surface area contributed by atoms with Crippen molar-refractivity contribution in [3.8, 4) is 5.75 Å². The molecule has 88 valence electrons. The number of carboxylic acid groups (broad SMARTS) is 1. The molecule has 0 radical (unpaired) electrons. The van der Waals surface area contributed by atoms with Crippen LogP contribution in [0, 0.1) is 0 Å². The SMILES string of the molecule is O=C(O)C(F)(F)Oc1cc(Cl)c(Br)cc1Cl. The highest BCUT2D eigenvalue weighted by Gasteiger charge is 2.43. The summed E-state index contributed by atoms with van der Waals surface area (Å²) < 4.78 is 29.8. The predicted octanol–water partition coefficient (Wildman–Crippen LogP) is 3.81. The van der Waals surface area contributed by atoms with Gasteiger partial charge >= 0.3 is 12.1 Å². The highest BCUT2D eigenvalue weighted by molar-refractivity contribution is 9.10. The zero-order chi connectivity index (χ0) is 12.5. The summed E-state index contributed by atoms with van der Waals surface area (Å²) in [4.78, 5) is 10.1. The van der Waals surface area contributed by atoms with Crippen molar-refractivity contribution in [3.63, 3.8) is 0 Å². The van der Waals surface area contributed by atoms with Gasteiger partial charge < -0.3 is 9.84 Å². The second-order valence-corrected chi connectivity index (χ2v) is 4.29. The normalized spacial score (nSPS) is 11.3. The molecule has 0 saturated heterocycles. The molecule has 1 rings (SSSR count). The molecule has 0 heterocycles. The average Bonchev–Trinajstić information content (AvgIpc) is 2.13. The summed E-state index contributed by atoms with van der Waals surface area (Å²) in [6, 6.07) is 2.21. The number of halogens is 5. The van der Waals surface area contributed by atoms with E-state index in [1.807, 2.05) is 0 Å². The Bertz CT molecular complexity index is 440. The summed E-state index contributed by atoms with van der Waals surface area (Å²) in [5.74, 6) is -2.93. The van der Waals surface area contributed by atoms with E-state index in [0.29, 0.717) is 4.47 Å². The first-order chi connectivity index (χ1) is 7.24. The first kappa shape index (κ1) is 13.5. The van der Waals surface area contributed by atoms with Gasteiger partial charge in [-0.25, -0.2) is 4.79 Å². The lowest BCUT2D eigenvalue weighted by atomic mass is 10.3. The van der Waals surface area contributed by atoms with Crippen LogP contribution in [0.5, 0.6) is 5.75 Å². The maximum atomic E-state index is 12.7. The fraction of sp³-hybridized carbons (Fsp3) is 0.125. The fourth-order valence-corrected chi connectivity index (χ4v) is 1.60. The van der Waals surface area contributed by atoms with Gasteiger partial charge in [0.1, 0.15) is 5.75 Å². The summed E-state index contributed by atoms with van der Waals surface area (Å²) in [7, 11) is 0. The van der Waals surface area contributed by atoms with E-state index < -0.39 is 17.8 Å². The quantitative estimate of drug-likeness (QED) is 0.854. The molecule has 16 heavy (non-hydrogen) atoms. The number of aliphatic carboxylic acids is 1. The molecular weight excluding hydrogens is 333 g/mol.